The molecule has 0 amide bonds. The summed E-state index contributed by atoms with van der Waals surface area (Å²) in [6, 6.07) is 0. The molecule has 1 nitrogen and oxygen atoms in total. The maximum atomic E-state index is 3.60. The Morgan fingerprint density at radius 3 is 1.29 bits per heavy atom. The van der Waals surface area contributed by atoms with Crippen molar-refractivity contribution < 1.29 is 5.73 Å². The van der Waals surface area contributed by atoms with Gasteiger partial charge in [-0.1, -0.05) is 27.2 Å². The first-order chi connectivity index (χ1) is 3.33. The Morgan fingerprint density at radius 1 is 1.14 bits per heavy atom. The van der Waals surface area contributed by atoms with Crippen LogP contribution in [0.3, 0.4) is 0 Å². The highest BCUT2D eigenvalue weighted by Gasteiger charge is 1.59. The lowest BCUT2D eigenvalue weighted by atomic mass is 10.5. The van der Waals surface area contributed by atoms with Crippen LogP contribution in [0.2, 0.25) is 0 Å². The first-order valence-electron chi connectivity index (χ1n) is 3.12. The molecule has 0 aromatic heterocycles. The minimum atomic E-state index is 1.07. The van der Waals surface area contributed by atoms with Crippen molar-refractivity contribution in [3.05, 3.63) is 0 Å². The fourth-order valence-corrected chi connectivity index (χ4v) is 0. The maximum absolute atomic E-state index is 3.60. The highest BCUT2D eigenvalue weighted by molar-refractivity contribution is 4.07. The monoisotopic (exact) mass is 104 g/mol. The van der Waals surface area contributed by atoms with Crippen molar-refractivity contribution >= 4 is 0 Å². The molecule has 0 heterocycles. The predicted molar refractivity (Wildman–Crippen MR) is 34.0 cm³/mol. The standard InChI is InChI=1S/C3H9N.C3H8/c1-2-3-4;1-3-2/h2-4H2,1H3;3H2,1-2H3/p+1. The Kier molecular flexibility index (Phi) is 24.0. The molecular formula is C6H18N+. The van der Waals surface area contributed by atoms with Gasteiger partial charge in [0.2, 0.25) is 0 Å². The number of quaternary nitrogens is 1. The largest absolute Gasteiger partial charge is 0.358 e. The van der Waals surface area contributed by atoms with E-state index in [9.17, 15) is 0 Å². The minimum absolute atomic E-state index is 1.07. The molecule has 0 aliphatic heterocycles. The van der Waals surface area contributed by atoms with Gasteiger partial charge >= 0.3 is 0 Å². The summed E-state index contributed by atoms with van der Waals surface area (Å²) in [6.07, 6.45) is 2.46. The summed E-state index contributed by atoms with van der Waals surface area (Å²) >= 11 is 0. The van der Waals surface area contributed by atoms with Gasteiger partial charge in [-0.05, 0) is 6.42 Å². The minimum Gasteiger partial charge on any atom is -0.358 e. The summed E-state index contributed by atoms with van der Waals surface area (Å²) in [6.45, 7) is 7.44. The molecule has 0 saturated heterocycles. The molecule has 7 heavy (non-hydrogen) atoms. The van der Waals surface area contributed by atoms with Crippen molar-refractivity contribution in [3.8, 4) is 0 Å². The van der Waals surface area contributed by atoms with E-state index in [4.69, 9.17) is 0 Å². The molecule has 3 N–H and O–H groups in total. The van der Waals surface area contributed by atoms with Gasteiger partial charge in [0.1, 0.15) is 0 Å². The van der Waals surface area contributed by atoms with Gasteiger partial charge < -0.3 is 5.73 Å². The van der Waals surface area contributed by atoms with E-state index in [0.717, 1.165) is 6.54 Å². The summed E-state index contributed by atoms with van der Waals surface area (Å²) in [5, 5.41) is 0. The summed E-state index contributed by atoms with van der Waals surface area (Å²) in [5.41, 5.74) is 3.60. The van der Waals surface area contributed by atoms with Gasteiger partial charge in [-0.3, -0.25) is 0 Å². The fourth-order valence-electron chi connectivity index (χ4n) is 0. The van der Waals surface area contributed by atoms with E-state index < -0.39 is 0 Å². The number of hydrogen-bond donors (Lipinski definition) is 1. The van der Waals surface area contributed by atoms with E-state index >= 15 is 0 Å². The molecule has 1 heteroatoms. The smallest absolute Gasteiger partial charge is 0.0737 e. The summed E-state index contributed by atoms with van der Waals surface area (Å²) in [7, 11) is 0. The topological polar surface area (TPSA) is 27.6 Å². The SMILES string of the molecule is CCC.CCC[NH3+]. The zero-order valence-electron chi connectivity index (χ0n) is 5.83. The average molecular weight is 104 g/mol. The lowest BCUT2D eigenvalue weighted by Gasteiger charge is -1.66. The van der Waals surface area contributed by atoms with Crippen LogP contribution in [0.25, 0.3) is 0 Å². The summed E-state index contributed by atoms with van der Waals surface area (Å²) in [4.78, 5) is 0. The molecule has 0 fully saturated rings. The van der Waals surface area contributed by atoms with Crippen molar-refractivity contribution in [2.24, 2.45) is 0 Å². The summed E-state index contributed by atoms with van der Waals surface area (Å²) in [5.74, 6) is 0. The lowest BCUT2D eigenvalue weighted by Crippen LogP contribution is -2.49. The number of rotatable bonds is 1. The molecule has 0 radical (unpaired) electrons. The third kappa shape index (κ3) is 101. The third-order valence-corrected chi connectivity index (χ3v) is 0.354. The van der Waals surface area contributed by atoms with Gasteiger partial charge in [-0.15, -0.1) is 0 Å². The molecule has 0 aromatic rings. The molecule has 0 rings (SSSR count). The maximum Gasteiger partial charge on any atom is 0.0737 e. The molecule has 0 bridgehead atoms. The first-order valence-corrected chi connectivity index (χ1v) is 3.12. The third-order valence-electron chi connectivity index (χ3n) is 0.354. The number of hydrogen-bond acceptors (Lipinski definition) is 0. The van der Waals surface area contributed by atoms with Gasteiger partial charge in [-0.2, -0.15) is 0 Å². The van der Waals surface area contributed by atoms with Crippen molar-refractivity contribution in [2.75, 3.05) is 6.54 Å². The Labute approximate surface area is 46.9 Å². The Morgan fingerprint density at radius 2 is 1.29 bits per heavy atom. The van der Waals surface area contributed by atoms with E-state index in [1.807, 2.05) is 0 Å². The van der Waals surface area contributed by atoms with Crippen LogP contribution in [0, 0.1) is 0 Å². The van der Waals surface area contributed by atoms with E-state index in [0.29, 0.717) is 0 Å². The van der Waals surface area contributed by atoms with Crippen molar-refractivity contribution in [2.45, 2.75) is 33.6 Å². The van der Waals surface area contributed by atoms with E-state index in [1.54, 1.807) is 0 Å². The van der Waals surface area contributed by atoms with Gasteiger partial charge in [0.25, 0.3) is 0 Å². The fraction of sp³-hybridized carbons (Fsp3) is 1.00. The van der Waals surface area contributed by atoms with Crippen molar-refractivity contribution in [1.82, 2.24) is 0 Å². The predicted octanol–water partition coefficient (Wildman–Crippen LogP) is 1.05. The Hall–Kier alpha value is -0.0400. The van der Waals surface area contributed by atoms with Gasteiger partial charge in [0.05, 0.1) is 6.54 Å². The zero-order chi connectivity index (χ0) is 6.12. The molecule has 0 aliphatic carbocycles. The molecular weight excluding hydrogens is 86.1 g/mol. The first kappa shape index (κ1) is 10.0. The van der Waals surface area contributed by atoms with Crippen LogP contribution in [-0.2, 0) is 0 Å². The van der Waals surface area contributed by atoms with Gasteiger partial charge in [-0.25, -0.2) is 0 Å². The van der Waals surface area contributed by atoms with Crippen LogP contribution >= 0.6 is 0 Å². The van der Waals surface area contributed by atoms with Crippen LogP contribution < -0.4 is 5.73 Å². The Balaban J connectivity index is 0. The van der Waals surface area contributed by atoms with Crippen LogP contribution in [0.15, 0.2) is 0 Å². The van der Waals surface area contributed by atoms with E-state index in [2.05, 4.69) is 26.5 Å². The second-order valence-electron chi connectivity index (χ2n) is 1.56. The van der Waals surface area contributed by atoms with Gasteiger partial charge in [0, 0.05) is 0 Å². The van der Waals surface area contributed by atoms with Crippen LogP contribution in [0.4, 0.5) is 0 Å². The second-order valence-corrected chi connectivity index (χ2v) is 1.56. The van der Waals surface area contributed by atoms with Gasteiger partial charge in [0.15, 0.2) is 0 Å². The molecule has 0 spiro atoms. The highest BCUT2D eigenvalue weighted by atomic mass is 14.5. The average Bonchev–Trinajstić information content (AvgIpc) is 1.69. The van der Waals surface area contributed by atoms with E-state index in [1.165, 1.54) is 12.8 Å². The highest BCUT2D eigenvalue weighted by Crippen LogP contribution is 1.56. The second kappa shape index (κ2) is 16.7. The molecule has 0 saturated carbocycles. The normalized spacial score (nSPS) is 6.86. The quantitative estimate of drug-likeness (QED) is 0.515. The van der Waals surface area contributed by atoms with Crippen molar-refractivity contribution in [3.63, 3.8) is 0 Å². The summed E-state index contributed by atoms with van der Waals surface area (Å²) < 4.78 is 0. The molecule has 46 valence electrons. The van der Waals surface area contributed by atoms with Crippen molar-refractivity contribution in [1.29, 1.82) is 0 Å². The van der Waals surface area contributed by atoms with E-state index in [-0.39, 0.29) is 0 Å². The van der Waals surface area contributed by atoms with Crippen LogP contribution in [-0.4, -0.2) is 6.54 Å². The molecule has 0 unspecified atom stereocenters. The molecule has 0 atom stereocenters. The molecule has 0 aromatic carbocycles. The Bertz CT molecular complexity index is 11.7. The van der Waals surface area contributed by atoms with Crippen LogP contribution in [0.5, 0.6) is 0 Å². The lowest BCUT2D eigenvalue weighted by molar-refractivity contribution is -0.367. The molecule has 0 aliphatic rings. The van der Waals surface area contributed by atoms with Crippen LogP contribution in [0.1, 0.15) is 33.6 Å². The zero-order valence-corrected chi connectivity index (χ0v) is 5.83.